The molecule has 0 aliphatic carbocycles. The summed E-state index contributed by atoms with van der Waals surface area (Å²) in [5, 5.41) is 12.2. The molecular weight excluding hydrogens is 230 g/mol. The van der Waals surface area contributed by atoms with Crippen LogP contribution in [0.2, 0.25) is 0 Å². The van der Waals surface area contributed by atoms with Crippen molar-refractivity contribution in [2.45, 2.75) is 45.8 Å². The van der Waals surface area contributed by atoms with Crippen LogP contribution in [0.1, 0.15) is 43.6 Å². The Hall–Kier alpha value is -1.49. The number of hydrogen-bond acceptors (Lipinski definition) is 3. The molecule has 0 aromatic carbocycles. The molecule has 4 N–H and O–H groups in total. The average molecular weight is 253 g/mol. The molecule has 0 bridgehead atoms. The van der Waals surface area contributed by atoms with Gasteiger partial charge in [-0.15, -0.1) is 0 Å². The van der Waals surface area contributed by atoms with Gasteiger partial charge in [-0.05, 0) is 25.3 Å². The maximum Gasteiger partial charge on any atom is 0.267 e. The lowest BCUT2D eigenvalue weighted by Crippen LogP contribution is -2.28. The molecule has 1 aromatic heterocycles. The first-order valence-corrected chi connectivity index (χ1v) is 6.50. The number of aliphatic hydroxyl groups excluding tert-OH is 1. The van der Waals surface area contributed by atoms with E-state index in [1.165, 1.54) is 0 Å². The topological polar surface area (TPSA) is 80.3 Å². The van der Waals surface area contributed by atoms with Crippen LogP contribution in [-0.2, 0) is 6.54 Å². The Morgan fingerprint density at radius 2 is 2.28 bits per heavy atom. The molecule has 0 aliphatic rings. The number of hydrogen-bond donors (Lipinski definition) is 3. The number of anilines is 1. The molecule has 0 saturated carbocycles. The normalized spacial score (nSPS) is 12.4. The van der Waals surface area contributed by atoms with Gasteiger partial charge in [0.15, 0.2) is 0 Å². The van der Waals surface area contributed by atoms with Crippen molar-refractivity contribution in [1.82, 2.24) is 9.88 Å². The standard InChI is InChI=1S/C13H23N3O2/c1-3-7-16-9-10(14)8-12(16)13(18)15-6-5-11(17)4-2/h8-9,11,17H,3-7,14H2,1-2H3,(H,15,18). The first kappa shape index (κ1) is 14.6. The Balaban J connectivity index is 2.55. The van der Waals surface area contributed by atoms with E-state index in [1.54, 1.807) is 12.3 Å². The van der Waals surface area contributed by atoms with Gasteiger partial charge in [0, 0.05) is 19.3 Å². The van der Waals surface area contributed by atoms with Crippen LogP contribution >= 0.6 is 0 Å². The van der Waals surface area contributed by atoms with E-state index in [0.717, 1.165) is 13.0 Å². The van der Waals surface area contributed by atoms with E-state index in [0.29, 0.717) is 30.8 Å². The summed E-state index contributed by atoms with van der Waals surface area (Å²) in [6, 6.07) is 1.68. The van der Waals surface area contributed by atoms with Gasteiger partial charge in [0.2, 0.25) is 0 Å². The Kier molecular flexibility index (Phi) is 5.71. The highest BCUT2D eigenvalue weighted by Crippen LogP contribution is 2.11. The Bertz CT molecular complexity index is 388. The molecule has 5 heteroatoms. The van der Waals surface area contributed by atoms with E-state index >= 15 is 0 Å². The number of rotatable bonds is 7. The third-order valence-corrected chi connectivity index (χ3v) is 2.85. The predicted octanol–water partition coefficient (Wildman–Crippen LogP) is 1.37. The van der Waals surface area contributed by atoms with E-state index in [2.05, 4.69) is 12.2 Å². The maximum absolute atomic E-state index is 12.0. The van der Waals surface area contributed by atoms with Gasteiger partial charge in [-0.1, -0.05) is 13.8 Å². The van der Waals surface area contributed by atoms with E-state index in [1.807, 2.05) is 11.5 Å². The number of nitrogens with zero attached hydrogens (tertiary/aromatic N) is 1. The lowest BCUT2D eigenvalue weighted by Gasteiger charge is -2.10. The van der Waals surface area contributed by atoms with Crippen molar-refractivity contribution in [2.24, 2.45) is 0 Å². The van der Waals surface area contributed by atoms with Gasteiger partial charge < -0.3 is 20.7 Å². The summed E-state index contributed by atoms with van der Waals surface area (Å²) in [5.74, 6) is -0.136. The quantitative estimate of drug-likeness (QED) is 0.686. The molecule has 0 aliphatic heterocycles. The molecule has 1 aromatic rings. The number of aliphatic hydroxyl groups is 1. The molecular formula is C13H23N3O2. The number of carbonyl (C=O) groups excluding carboxylic acids is 1. The Morgan fingerprint density at radius 1 is 1.56 bits per heavy atom. The van der Waals surface area contributed by atoms with Crippen LogP contribution in [0.4, 0.5) is 5.69 Å². The van der Waals surface area contributed by atoms with E-state index < -0.39 is 0 Å². The summed E-state index contributed by atoms with van der Waals surface area (Å²) in [5.41, 5.74) is 6.89. The Morgan fingerprint density at radius 3 is 2.89 bits per heavy atom. The molecule has 5 nitrogen and oxygen atoms in total. The first-order valence-electron chi connectivity index (χ1n) is 6.50. The number of carbonyl (C=O) groups is 1. The minimum absolute atomic E-state index is 0.136. The SMILES string of the molecule is CCCn1cc(N)cc1C(=O)NCCC(O)CC. The van der Waals surface area contributed by atoms with Crippen molar-refractivity contribution in [3.05, 3.63) is 18.0 Å². The van der Waals surface area contributed by atoms with Gasteiger partial charge in [-0.3, -0.25) is 4.79 Å². The lowest BCUT2D eigenvalue weighted by molar-refractivity contribution is 0.0932. The van der Waals surface area contributed by atoms with Crippen LogP contribution in [-0.4, -0.2) is 28.2 Å². The summed E-state index contributed by atoms with van der Waals surface area (Å²) in [6.07, 6.45) is 3.65. The fraction of sp³-hybridized carbons (Fsp3) is 0.615. The van der Waals surface area contributed by atoms with Crippen LogP contribution in [0.5, 0.6) is 0 Å². The second-order valence-electron chi connectivity index (χ2n) is 4.46. The van der Waals surface area contributed by atoms with Gasteiger partial charge >= 0.3 is 0 Å². The average Bonchev–Trinajstić information content (AvgIpc) is 2.70. The molecule has 102 valence electrons. The summed E-state index contributed by atoms with van der Waals surface area (Å²) < 4.78 is 1.86. The number of nitrogen functional groups attached to an aromatic ring is 1. The largest absolute Gasteiger partial charge is 0.397 e. The zero-order chi connectivity index (χ0) is 13.5. The van der Waals surface area contributed by atoms with Crippen LogP contribution < -0.4 is 11.1 Å². The highest BCUT2D eigenvalue weighted by atomic mass is 16.3. The fourth-order valence-electron chi connectivity index (χ4n) is 1.80. The van der Waals surface area contributed by atoms with Crippen molar-refractivity contribution in [1.29, 1.82) is 0 Å². The van der Waals surface area contributed by atoms with Crippen molar-refractivity contribution in [3.8, 4) is 0 Å². The second kappa shape index (κ2) is 7.06. The molecule has 1 rings (SSSR count). The summed E-state index contributed by atoms with van der Waals surface area (Å²) in [6.45, 7) is 5.22. The monoisotopic (exact) mass is 253 g/mol. The van der Waals surface area contributed by atoms with Gasteiger partial charge in [0.05, 0.1) is 11.8 Å². The smallest absolute Gasteiger partial charge is 0.267 e. The molecule has 1 heterocycles. The molecule has 18 heavy (non-hydrogen) atoms. The van der Waals surface area contributed by atoms with Crippen LogP contribution in [0.25, 0.3) is 0 Å². The van der Waals surface area contributed by atoms with Crippen molar-refractivity contribution < 1.29 is 9.90 Å². The predicted molar refractivity (Wildman–Crippen MR) is 72.4 cm³/mol. The number of aryl methyl sites for hydroxylation is 1. The number of nitrogens with two attached hydrogens (primary N) is 1. The summed E-state index contributed by atoms with van der Waals surface area (Å²) >= 11 is 0. The maximum atomic E-state index is 12.0. The molecule has 0 radical (unpaired) electrons. The van der Waals surface area contributed by atoms with E-state index in [9.17, 15) is 9.90 Å². The minimum atomic E-state index is -0.349. The van der Waals surface area contributed by atoms with Crippen molar-refractivity contribution in [2.75, 3.05) is 12.3 Å². The van der Waals surface area contributed by atoms with Crippen LogP contribution in [0.15, 0.2) is 12.3 Å². The number of aromatic nitrogens is 1. The number of amides is 1. The van der Waals surface area contributed by atoms with Crippen molar-refractivity contribution in [3.63, 3.8) is 0 Å². The zero-order valence-electron chi connectivity index (χ0n) is 11.1. The molecule has 0 fully saturated rings. The highest BCUT2D eigenvalue weighted by Gasteiger charge is 2.12. The summed E-state index contributed by atoms with van der Waals surface area (Å²) in [7, 11) is 0. The third-order valence-electron chi connectivity index (χ3n) is 2.85. The van der Waals surface area contributed by atoms with Gasteiger partial charge in [0.1, 0.15) is 5.69 Å². The van der Waals surface area contributed by atoms with E-state index in [4.69, 9.17) is 5.73 Å². The Labute approximate surface area is 108 Å². The lowest BCUT2D eigenvalue weighted by atomic mass is 10.2. The first-order chi connectivity index (χ1) is 8.58. The molecule has 1 unspecified atom stereocenters. The molecule has 0 saturated heterocycles. The number of nitrogens with one attached hydrogen (secondary N) is 1. The van der Waals surface area contributed by atoms with Gasteiger partial charge in [-0.25, -0.2) is 0 Å². The molecule has 1 amide bonds. The highest BCUT2D eigenvalue weighted by molar-refractivity contribution is 5.93. The minimum Gasteiger partial charge on any atom is -0.397 e. The molecule has 0 spiro atoms. The van der Waals surface area contributed by atoms with Gasteiger partial charge in [0.25, 0.3) is 5.91 Å². The molecule has 1 atom stereocenters. The summed E-state index contributed by atoms with van der Waals surface area (Å²) in [4.78, 5) is 12.0. The van der Waals surface area contributed by atoms with Gasteiger partial charge in [-0.2, -0.15) is 0 Å². The second-order valence-corrected chi connectivity index (χ2v) is 4.46. The van der Waals surface area contributed by atoms with E-state index in [-0.39, 0.29) is 12.0 Å². The zero-order valence-corrected chi connectivity index (χ0v) is 11.1. The third kappa shape index (κ3) is 4.07. The van der Waals surface area contributed by atoms with Crippen molar-refractivity contribution >= 4 is 11.6 Å². The van der Waals surface area contributed by atoms with Crippen LogP contribution in [0.3, 0.4) is 0 Å². The van der Waals surface area contributed by atoms with Crippen LogP contribution in [0, 0.1) is 0 Å². The fourth-order valence-corrected chi connectivity index (χ4v) is 1.80.